The molecule has 4 aliphatic carbocycles. The summed E-state index contributed by atoms with van der Waals surface area (Å²) < 4.78 is 42.6. The molecule has 5 heteroatoms. The van der Waals surface area contributed by atoms with Gasteiger partial charge in [-0.15, -0.1) is 0 Å². The van der Waals surface area contributed by atoms with Crippen LogP contribution in [-0.2, 0) is 9.84 Å². The zero-order valence-electron chi connectivity index (χ0n) is 25.0. The van der Waals surface area contributed by atoms with Gasteiger partial charge in [0.2, 0.25) is 0 Å². The molecule has 3 nitrogen and oxygen atoms in total. The maximum Gasteiger partial charge on any atom is 0.182 e. The van der Waals surface area contributed by atoms with Crippen LogP contribution in [0.4, 0.5) is 4.39 Å². The van der Waals surface area contributed by atoms with Gasteiger partial charge in [-0.25, -0.2) is 12.8 Å². The largest absolute Gasteiger partial charge is 0.393 e. The van der Waals surface area contributed by atoms with Gasteiger partial charge >= 0.3 is 0 Å². The Balaban J connectivity index is 1.43. The maximum atomic E-state index is 14.2. The molecule has 0 heterocycles. The minimum atomic E-state index is -3.61. The highest BCUT2D eigenvalue weighted by atomic mass is 32.2. The molecule has 1 N–H and O–H groups in total. The van der Waals surface area contributed by atoms with Crippen LogP contribution < -0.4 is 0 Å². The Hall–Kier alpha value is -1.20. The number of aliphatic hydroxyl groups excluding tert-OH is 1. The predicted molar refractivity (Wildman–Crippen MR) is 157 cm³/mol. The van der Waals surface area contributed by atoms with E-state index in [2.05, 4.69) is 26.8 Å². The van der Waals surface area contributed by atoms with E-state index in [1.165, 1.54) is 18.4 Å². The smallest absolute Gasteiger partial charge is 0.182 e. The molecule has 3 fully saturated rings. The van der Waals surface area contributed by atoms with Gasteiger partial charge < -0.3 is 5.11 Å². The summed E-state index contributed by atoms with van der Waals surface area (Å²) in [5, 5.41) is 10.3. The lowest BCUT2D eigenvalue weighted by molar-refractivity contribution is -0.0558. The van der Waals surface area contributed by atoms with Gasteiger partial charge in [0.05, 0.1) is 16.2 Å². The molecule has 39 heavy (non-hydrogen) atoms. The third kappa shape index (κ3) is 5.07. The number of rotatable bonds is 7. The molecule has 0 amide bonds. The quantitative estimate of drug-likeness (QED) is 0.343. The van der Waals surface area contributed by atoms with Crippen LogP contribution in [0.25, 0.3) is 0 Å². The summed E-state index contributed by atoms with van der Waals surface area (Å²) in [6, 6.07) is 7.28. The van der Waals surface area contributed by atoms with Crippen molar-refractivity contribution in [1.29, 1.82) is 0 Å². The highest BCUT2D eigenvalue weighted by Gasteiger charge is 2.62. The van der Waals surface area contributed by atoms with E-state index in [9.17, 15) is 17.9 Å². The summed E-state index contributed by atoms with van der Waals surface area (Å²) in [4.78, 5) is 0.391. The zero-order chi connectivity index (χ0) is 28.4. The molecule has 1 aromatic carbocycles. The Kier molecular flexibility index (Phi) is 7.71. The minimum Gasteiger partial charge on any atom is -0.393 e. The van der Waals surface area contributed by atoms with Crippen molar-refractivity contribution < 1.29 is 17.9 Å². The van der Waals surface area contributed by atoms with Crippen molar-refractivity contribution in [2.75, 3.05) is 0 Å². The molecule has 4 aliphatic rings. The van der Waals surface area contributed by atoms with Crippen molar-refractivity contribution in [3.05, 3.63) is 41.5 Å². The fraction of sp³-hybridized carbons (Fsp3) is 0.765. The van der Waals surface area contributed by atoms with Crippen molar-refractivity contribution in [2.24, 2.45) is 40.4 Å². The number of fused-ring (bicyclic) bond motifs is 5. The lowest BCUT2D eigenvalue weighted by atomic mass is 9.46. The van der Waals surface area contributed by atoms with E-state index in [0.29, 0.717) is 53.7 Å². The van der Waals surface area contributed by atoms with Gasteiger partial charge in [-0.2, -0.15) is 0 Å². The Morgan fingerprint density at radius 3 is 2.46 bits per heavy atom. The van der Waals surface area contributed by atoms with Crippen LogP contribution in [0.2, 0.25) is 0 Å². The van der Waals surface area contributed by atoms with E-state index in [4.69, 9.17) is 0 Å². The van der Waals surface area contributed by atoms with E-state index in [0.717, 1.165) is 37.7 Å². The number of hydrogen-bond donors (Lipinski definition) is 1. The van der Waals surface area contributed by atoms with Gasteiger partial charge in [-0.3, -0.25) is 0 Å². The molecule has 0 aliphatic heterocycles. The Morgan fingerprint density at radius 1 is 1.10 bits per heavy atom. The van der Waals surface area contributed by atoms with Crippen LogP contribution in [0, 0.1) is 47.3 Å². The molecular weight excluding hydrogens is 507 g/mol. The molecule has 1 aromatic rings. The van der Waals surface area contributed by atoms with Crippen molar-refractivity contribution >= 4 is 9.84 Å². The SMILES string of the molecule is Cc1ccc(S(=O)(=O)[C@H]2C[C@H](O)CC3=CC[C@H]4[C@@H]5CC[C@H]([C@H](C)CCCC(C)(C)F)[C@@]5(C)CC[C@@H]4[C@]32C)cc1. The van der Waals surface area contributed by atoms with Crippen LogP contribution in [0.5, 0.6) is 0 Å². The number of benzene rings is 1. The molecule has 0 radical (unpaired) electrons. The topological polar surface area (TPSA) is 54.4 Å². The Bertz CT molecular complexity index is 1180. The first-order chi connectivity index (χ1) is 18.2. The highest BCUT2D eigenvalue weighted by Crippen LogP contribution is 2.68. The molecule has 0 saturated heterocycles. The standard InChI is InChI=1S/C34H51FO3S/c1-22-9-12-26(13-10-22)39(37,38)31-21-25(36)20-24-11-14-27-29-16-15-28(23(2)8-7-18-32(3,4)35)33(29,5)19-17-30(27)34(24,31)6/h9-13,23,25,27-31,36H,7-8,14-21H2,1-6H3/t23-,25-,27+,28-,29+,30+,31+,33-,34+/m1/s1. The highest BCUT2D eigenvalue weighted by molar-refractivity contribution is 7.92. The van der Waals surface area contributed by atoms with E-state index < -0.39 is 32.3 Å². The normalized spacial score (nSPS) is 39.3. The summed E-state index contributed by atoms with van der Waals surface area (Å²) in [6.45, 7) is 12.5. The summed E-state index contributed by atoms with van der Waals surface area (Å²) in [6.07, 6.45) is 11.0. The first kappa shape index (κ1) is 29.3. The second-order valence-electron chi connectivity index (χ2n) is 14.9. The number of alkyl halides is 1. The predicted octanol–water partition coefficient (Wildman–Crippen LogP) is 8.24. The van der Waals surface area contributed by atoms with Crippen molar-refractivity contribution in [3.8, 4) is 0 Å². The zero-order valence-corrected chi connectivity index (χ0v) is 25.9. The van der Waals surface area contributed by atoms with E-state index >= 15 is 0 Å². The molecule has 5 rings (SSSR count). The first-order valence-corrected chi connectivity index (χ1v) is 17.1. The second-order valence-corrected chi connectivity index (χ2v) is 17.0. The molecule has 3 saturated carbocycles. The average Bonchev–Trinajstić information content (AvgIpc) is 3.21. The van der Waals surface area contributed by atoms with Crippen LogP contribution in [0.15, 0.2) is 40.8 Å². The molecule has 0 unspecified atom stereocenters. The van der Waals surface area contributed by atoms with E-state index in [1.807, 2.05) is 19.1 Å². The summed E-state index contributed by atoms with van der Waals surface area (Å²) >= 11 is 0. The minimum absolute atomic E-state index is 0.271. The van der Waals surface area contributed by atoms with Gasteiger partial charge in [0.25, 0.3) is 0 Å². The molecule has 0 bridgehead atoms. The van der Waals surface area contributed by atoms with E-state index in [1.54, 1.807) is 26.0 Å². The third-order valence-corrected chi connectivity index (χ3v) is 14.4. The molecular formula is C34H51FO3S. The second kappa shape index (κ2) is 10.3. The van der Waals surface area contributed by atoms with Crippen LogP contribution in [0.1, 0.15) is 104 Å². The summed E-state index contributed by atoms with van der Waals surface area (Å²) in [5.74, 6) is 2.67. The van der Waals surface area contributed by atoms with Gasteiger partial charge in [-0.1, -0.05) is 63.0 Å². The van der Waals surface area contributed by atoms with E-state index in [-0.39, 0.29) is 5.41 Å². The number of hydrogen-bond acceptors (Lipinski definition) is 3. The third-order valence-electron chi connectivity index (χ3n) is 12.1. The lowest BCUT2D eigenvalue weighted by Gasteiger charge is -2.60. The lowest BCUT2D eigenvalue weighted by Crippen LogP contribution is -2.57. The average molecular weight is 559 g/mol. The monoisotopic (exact) mass is 558 g/mol. The van der Waals surface area contributed by atoms with Gasteiger partial charge in [0.1, 0.15) is 5.67 Å². The number of halogens is 1. The fourth-order valence-electron chi connectivity index (χ4n) is 10.0. The molecule has 0 spiro atoms. The number of aryl methyl sites for hydroxylation is 1. The summed E-state index contributed by atoms with van der Waals surface area (Å²) in [7, 11) is -3.61. The number of allylic oxidation sites excluding steroid dienone is 1. The van der Waals surface area contributed by atoms with Crippen molar-refractivity contribution in [2.45, 2.75) is 128 Å². The van der Waals surface area contributed by atoms with Gasteiger partial charge in [0, 0.05) is 5.41 Å². The summed E-state index contributed by atoms with van der Waals surface area (Å²) in [5.41, 5.74) is 0.969. The number of aliphatic hydroxyl groups is 1. The van der Waals surface area contributed by atoms with Gasteiger partial charge in [0.15, 0.2) is 9.84 Å². The molecule has 0 aromatic heterocycles. The van der Waals surface area contributed by atoms with Crippen molar-refractivity contribution in [3.63, 3.8) is 0 Å². The van der Waals surface area contributed by atoms with Crippen molar-refractivity contribution in [1.82, 2.24) is 0 Å². The maximum absolute atomic E-state index is 14.2. The first-order valence-electron chi connectivity index (χ1n) is 15.5. The Labute approximate surface area is 237 Å². The molecule has 9 atom stereocenters. The molecule has 218 valence electrons. The fourth-order valence-corrected chi connectivity index (χ4v) is 12.3. The van der Waals surface area contributed by atoms with Crippen LogP contribution in [-0.4, -0.2) is 30.5 Å². The van der Waals surface area contributed by atoms with Gasteiger partial charge in [-0.05, 0) is 119 Å². The number of sulfone groups is 1. The Morgan fingerprint density at radius 2 is 1.79 bits per heavy atom. The van der Waals surface area contributed by atoms with Crippen LogP contribution in [0.3, 0.4) is 0 Å². The van der Waals surface area contributed by atoms with Crippen LogP contribution >= 0.6 is 0 Å².